The molecule has 1 N–H and O–H groups in total. The van der Waals surface area contributed by atoms with Crippen molar-refractivity contribution in [1.82, 2.24) is 0 Å². The number of hydrogen-bond donors (Lipinski definition) is 1. The highest BCUT2D eigenvalue weighted by Gasteiger charge is 2.11. The van der Waals surface area contributed by atoms with Crippen LogP contribution in [0.2, 0.25) is 0 Å². The van der Waals surface area contributed by atoms with Crippen molar-refractivity contribution in [3.63, 3.8) is 0 Å². The third-order valence-corrected chi connectivity index (χ3v) is 5.25. The van der Waals surface area contributed by atoms with Gasteiger partial charge in [-0.3, -0.25) is 0 Å². The molecule has 5 aromatic rings. The summed E-state index contributed by atoms with van der Waals surface area (Å²) in [4.78, 5) is 134. The normalized spacial score (nSPS) is 7.78. The van der Waals surface area contributed by atoms with E-state index >= 15 is 0 Å². The lowest BCUT2D eigenvalue weighted by Gasteiger charge is -1.96. The van der Waals surface area contributed by atoms with Gasteiger partial charge in [0, 0.05) is 6.42 Å². The van der Waals surface area contributed by atoms with Gasteiger partial charge in [-0.05, 0) is 81.4 Å². The van der Waals surface area contributed by atoms with E-state index in [0.29, 0.717) is 19.0 Å². The van der Waals surface area contributed by atoms with Gasteiger partial charge in [-0.2, -0.15) is 47.9 Å². The standard InChI is InChI=1S/C9H12O3.2C7H8O3.C6H6O3.C5H4O3.5CO2/c1-3-7-5-6-8(12-7)9(10)11-4-2;1-5-3-4-6(10-5)7(8)9-2;1-2-9-7(8)6-4-3-5-10-6;1-8-6(7)5-3-2-4-9-5;6-5(7)4-2-1-3-8-4;5*2-1-3/h5-6H,3-4H2,1-2H3;3-4H,1-2H3;3-5H,2H2,1H3;2-4H,1H3;1-3H,(H,6,7);;;;;. The second kappa shape index (κ2) is 46.3. The highest BCUT2D eigenvalue weighted by atomic mass is 16.6. The van der Waals surface area contributed by atoms with Crippen LogP contribution in [0.3, 0.4) is 0 Å². The number of furan rings is 5. The Hall–Kier alpha value is -9.35. The molecule has 0 aromatic carbocycles. The lowest BCUT2D eigenvalue weighted by atomic mass is 10.3. The summed E-state index contributed by atoms with van der Waals surface area (Å²) in [5.74, 6) is -0.204. The maximum absolute atomic E-state index is 11.1. The van der Waals surface area contributed by atoms with Crippen LogP contribution in [-0.2, 0) is 73.3 Å². The first-order chi connectivity index (χ1) is 30.6. The molecule has 0 bridgehead atoms. The molecule has 25 heteroatoms. The van der Waals surface area contributed by atoms with Gasteiger partial charge in [0.2, 0.25) is 28.8 Å². The molecule has 5 rings (SSSR count). The molecule has 0 aliphatic rings. The molecule has 5 aromatic heterocycles. The third kappa shape index (κ3) is 37.0. The minimum atomic E-state index is -1.03. The summed E-state index contributed by atoms with van der Waals surface area (Å²) in [6.07, 6.45) is 6.22. The fraction of sp³-hybridized carbons (Fsp3) is 0.231. The van der Waals surface area contributed by atoms with Gasteiger partial charge in [0.1, 0.15) is 11.5 Å². The van der Waals surface area contributed by atoms with Crippen molar-refractivity contribution in [1.29, 1.82) is 0 Å². The first-order valence-corrected chi connectivity index (χ1v) is 16.5. The van der Waals surface area contributed by atoms with Crippen LogP contribution in [0, 0.1) is 6.92 Å². The Balaban J connectivity index is -0.000000211. The molecule has 0 fully saturated rings. The molecule has 0 radical (unpaired) electrons. The van der Waals surface area contributed by atoms with Crippen LogP contribution in [0.1, 0.15) is 85.1 Å². The molecule has 25 nitrogen and oxygen atoms in total. The van der Waals surface area contributed by atoms with Crippen LogP contribution in [0.15, 0.2) is 102 Å². The Bertz CT molecular complexity index is 2050. The topological polar surface area (TPSA) is 379 Å². The fourth-order valence-corrected chi connectivity index (χ4v) is 3.02. The molecule has 344 valence electrons. The van der Waals surface area contributed by atoms with E-state index < -0.39 is 29.8 Å². The number of carbonyl (C=O) groups is 5. The van der Waals surface area contributed by atoms with Gasteiger partial charge < -0.3 is 46.1 Å². The SMILES string of the molecule is CCOC(=O)c1ccc(CC)o1.CCOC(=O)c1ccco1.COC(=O)c1ccc(C)o1.COC(=O)c1ccco1.O=C(O)c1ccco1.O=C=O.O=C=O.O=C=O.O=C=O.O=C=O. The molecular formula is C39H38O25. The predicted molar refractivity (Wildman–Crippen MR) is 194 cm³/mol. The number of aryl methyl sites for hydroxylation is 2. The Labute approximate surface area is 359 Å². The Morgan fingerprint density at radius 1 is 0.484 bits per heavy atom. The number of hydrogen-bond acceptors (Lipinski definition) is 24. The van der Waals surface area contributed by atoms with Crippen LogP contribution in [-0.4, -0.2) is 93.1 Å². The van der Waals surface area contributed by atoms with Crippen LogP contribution in [0.4, 0.5) is 0 Å². The molecular weight excluding hydrogens is 868 g/mol. The third-order valence-electron chi connectivity index (χ3n) is 5.25. The maximum atomic E-state index is 11.1. The molecule has 0 aliphatic carbocycles. The smallest absolute Gasteiger partial charge is 0.374 e. The zero-order chi connectivity index (χ0) is 50.1. The number of rotatable bonds is 8. The van der Waals surface area contributed by atoms with Gasteiger partial charge in [-0.15, -0.1) is 0 Å². The zero-order valence-electron chi connectivity index (χ0n) is 34.4. The quantitative estimate of drug-likeness (QED) is 0.170. The van der Waals surface area contributed by atoms with Crippen molar-refractivity contribution in [3.8, 4) is 0 Å². The number of esters is 4. The molecule has 5 heterocycles. The Morgan fingerprint density at radius 3 is 1.08 bits per heavy atom. The molecule has 0 unspecified atom stereocenters. The molecule has 0 spiro atoms. The predicted octanol–water partition coefficient (Wildman–Crippen LogP) is 3.98. The fourth-order valence-electron chi connectivity index (χ4n) is 3.02. The average Bonchev–Trinajstić information content (AvgIpc) is 4.13. The Kier molecular flexibility index (Phi) is 46.2. The lowest BCUT2D eigenvalue weighted by Crippen LogP contribution is -2.02. The van der Waals surface area contributed by atoms with Gasteiger partial charge in [-0.1, -0.05) is 6.92 Å². The van der Waals surface area contributed by atoms with Gasteiger partial charge in [0.25, 0.3) is 0 Å². The van der Waals surface area contributed by atoms with E-state index in [-0.39, 0.29) is 59.6 Å². The molecule has 0 aliphatic heterocycles. The van der Waals surface area contributed by atoms with E-state index in [2.05, 4.69) is 18.6 Å². The largest absolute Gasteiger partial charge is 0.475 e. The van der Waals surface area contributed by atoms with E-state index in [1.165, 1.54) is 45.1 Å². The van der Waals surface area contributed by atoms with E-state index in [0.717, 1.165) is 12.2 Å². The highest BCUT2D eigenvalue weighted by Crippen LogP contribution is 2.09. The average molecular weight is 907 g/mol. The van der Waals surface area contributed by atoms with Crippen molar-refractivity contribution in [2.24, 2.45) is 0 Å². The van der Waals surface area contributed by atoms with Crippen LogP contribution in [0.25, 0.3) is 0 Å². The van der Waals surface area contributed by atoms with E-state index in [9.17, 15) is 24.0 Å². The van der Waals surface area contributed by atoms with Crippen molar-refractivity contribution in [2.75, 3.05) is 27.4 Å². The van der Waals surface area contributed by atoms with Gasteiger partial charge in [0.05, 0.1) is 46.2 Å². The number of aromatic carboxylic acids is 1. The minimum Gasteiger partial charge on any atom is -0.475 e. The summed E-state index contributed by atoms with van der Waals surface area (Å²) in [6.45, 7) is 8.00. The van der Waals surface area contributed by atoms with Gasteiger partial charge in [-0.25, -0.2) is 24.0 Å². The first-order valence-electron chi connectivity index (χ1n) is 16.5. The van der Waals surface area contributed by atoms with E-state index in [4.69, 9.17) is 75.5 Å². The van der Waals surface area contributed by atoms with E-state index in [1.54, 1.807) is 69.3 Å². The van der Waals surface area contributed by atoms with Gasteiger partial charge >= 0.3 is 60.6 Å². The lowest BCUT2D eigenvalue weighted by molar-refractivity contribution is -0.193. The summed E-state index contributed by atoms with van der Waals surface area (Å²) in [5, 5.41) is 8.18. The molecule has 64 heavy (non-hydrogen) atoms. The summed E-state index contributed by atoms with van der Waals surface area (Å²) >= 11 is 0. The summed E-state index contributed by atoms with van der Waals surface area (Å²) in [7, 11) is 2.63. The van der Waals surface area contributed by atoms with Crippen LogP contribution in [0.5, 0.6) is 0 Å². The maximum Gasteiger partial charge on any atom is 0.374 e. The van der Waals surface area contributed by atoms with Crippen molar-refractivity contribution < 1.29 is 118 Å². The summed E-state index contributed by atoms with van der Waals surface area (Å²) in [5.41, 5.74) is 0. The number of carbonyl (C=O) groups excluding carboxylic acids is 14. The minimum absolute atomic E-state index is 0.0231. The van der Waals surface area contributed by atoms with E-state index in [1.807, 2.05) is 6.92 Å². The van der Waals surface area contributed by atoms with Crippen molar-refractivity contribution >= 4 is 60.6 Å². The summed E-state index contributed by atoms with van der Waals surface area (Å²) < 4.78 is 42.3. The second-order valence-corrected chi connectivity index (χ2v) is 9.11. The summed E-state index contributed by atoms with van der Waals surface area (Å²) in [6, 6.07) is 16.0. The second-order valence-electron chi connectivity index (χ2n) is 9.11. The molecule has 0 saturated carbocycles. The van der Waals surface area contributed by atoms with Gasteiger partial charge in [0.15, 0.2) is 0 Å². The van der Waals surface area contributed by atoms with Crippen LogP contribution < -0.4 is 0 Å². The molecule has 0 atom stereocenters. The number of methoxy groups -OCH3 is 2. The first kappa shape index (κ1) is 63.8. The van der Waals surface area contributed by atoms with Crippen LogP contribution >= 0.6 is 0 Å². The highest BCUT2D eigenvalue weighted by molar-refractivity contribution is 5.87. The number of carboxylic acids is 1. The Morgan fingerprint density at radius 2 is 0.812 bits per heavy atom. The van der Waals surface area contributed by atoms with Crippen molar-refractivity contribution in [2.45, 2.75) is 34.1 Å². The number of carboxylic acid groups (broad SMARTS) is 1. The zero-order valence-corrected chi connectivity index (χ0v) is 34.4. The monoisotopic (exact) mass is 906 g/mol. The van der Waals surface area contributed by atoms with Crippen molar-refractivity contribution in [3.05, 3.63) is 120 Å². The number of ether oxygens (including phenoxy) is 4. The molecule has 0 saturated heterocycles. The molecule has 0 amide bonds.